The van der Waals surface area contributed by atoms with Crippen molar-refractivity contribution in [2.75, 3.05) is 25.1 Å². The number of carbonyl (C=O) groups is 3. The largest absolute Gasteiger partial charge is 0.342 e. The maximum Gasteiger partial charge on any atom is 0.246 e. The summed E-state index contributed by atoms with van der Waals surface area (Å²) >= 11 is 1.54. The van der Waals surface area contributed by atoms with E-state index in [-0.39, 0.29) is 5.91 Å². The number of rotatable bonds is 8. The SMILES string of the molecule is CN(CCCSCC=O)C(=O)/C=C\C=O. The first-order valence-electron chi connectivity index (χ1n) is 4.60. The highest BCUT2D eigenvalue weighted by Gasteiger charge is 2.03. The van der Waals surface area contributed by atoms with Gasteiger partial charge >= 0.3 is 0 Å². The maximum atomic E-state index is 11.2. The molecule has 0 aromatic rings. The molecule has 0 heterocycles. The summed E-state index contributed by atoms with van der Waals surface area (Å²) in [5.41, 5.74) is 0. The summed E-state index contributed by atoms with van der Waals surface area (Å²) in [5, 5.41) is 0. The molecular formula is C10H15NO3S. The fourth-order valence-electron chi connectivity index (χ4n) is 0.894. The smallest absolute Gasteiger partial charge is 0.246 e. The Kier molecular flexibility index (Phi) is 8.76. The third-order valence-electron chi connectivity index (χ3n) is 1.66. The minimum absolute atomic E-state index is 0.178. The summed E-state index contributed by atoms with van der Waals surface area (Å²) in [6.45, 7) is 0.633. The van der Waals surface area contributed by atoms with E-state index < -0.39 is 0 Å². The van der Waals surface area contributed by atoms with Crippen LogP contribution in [0.5, 0.6) is 0 Å². The number of likely N-dealkylation sites (N-methyl/N-ethyl adjacent to an activating group) is 1. The molecule has 15 heavy (non-hydrogen) atoms. The highest BCUT2D eigenvalue weighted by molar-refractivity contribution is 7.99. The standard InChI is InChI=1S/C10H15NO3S/c1-11(10(14)4-2-6-12)5-3-8-15-9-7-13/h2,4,6-7H,3,5,8-9H2,1H3/b4-2-. The van der Waals surface area contributed by atoms with Crippen molar-refractivity contribution in [2.24, 2.45) is 0 Å². The van der Waals surface area contributed by atoms with E-state index in [0.717, 1.165) is 18.5 Å². The molecule has 0 aliphatic carbocycles. The Morgan fingerprint density at radius 2 is 2.13 bits per heavy atom. The molecule has 0 fully saturated rings. The van der Waals surface area contributed by atoms with E-state index in [0.29, 0.717) is 18.6 Å². The van der Waals surface area contributed by atoms with Gasteiger partial charge in [-0.25, -0.2) is 0 Å². The van der Waals surface area contributed by atoms with E-state index in [2.05, 4.69) is 0 Å². The second-order valence-electron chi connectivity index (χ2n) is 2.85. The van der Waals surface area contributed by atoms with Crippen LogP contribution in [0.15, 0.2) is 12.2 Å². The van der Waals surface area contributed by atoms with E-state index in [1.54, 1.807) is 23.7 Å². The quantitative estimate of drug-likeness (QED) is 0.346. The summed E-state index contributed by atoms with van der Waals surface area (Å²) in [6.07, 6.45) is 4.71. The van der Waals surface area contributed by atoms with Crippen LogP contribution in [0.25, 0.3) is 0 Å². The third-order valence-corrected chi connectivity index (χ3v) is 2.61. The summed E-state index contributed by atoms with van der Waals surface area (Å²) in [4.78, 5) is 32.8. The molecule has 0 aromatic carbocycles. The zero-order chi connectivity index (χ0) is 11.5. The first-order valence-corrected chi connectivity index (χ1v) is 5.76. The van der Waals surface area contributed by atoms with Crippen molar-refractivity contribution in [2.45, 2.75) is 6.42 Å². The number of aldehydes is 2. The van der Waals surface area contributed by atoms with Crippen molar-refractivity contribution >= 4 is 30.2 Å². The Morgan fingerprint density at radius 3 is 2.73 bits per heavy atom. The zero-order valence-electron chi connectivity index (χ0n) is 8.72. The lowest BCUT2D eigenvalue weighted by Gasteiger charge is -2.14. The second kappa shape index (κ2) is 9.45. The van der Waals surface area contributed by atoms with Gasteiger partial charge in [-0.1, -0.05) is 0 Å². The number of allylic oxidation sites excluding steroid dienone is 1. The maximum absolute atomic E-state index is 11.2. The Hall–Kier alpha value is -1.10. The molecule has 1 amide bonds. The summed E-state index contributed by atoms with van der Waals surface area (Å²) in [6, 6.07) is 0. The van der Waals surface area contributed by atoms with Gasteiger partial charge in [0.25, 0.3) is 0 Å². The molecule has 0 aliphatic heterocycles. The first kappa shape index (κ1) is 13.9. The van der Waals surface area contributed by atoms with Crippen molar-refractivity contribution in [1.29, 1.82) is 0 Å². The van der Waals surface area contributed by atoms with Crippen molar-refractivity contribution < 1.29 is 14.4 Å². The van der Waals surface area contributed by atoms with Gasteiger partial charge in [0.2, 0.25) is 5.91 Å². The number of carbonyl (C=O) groups excluding carboxylic acids is 3. The van der Waals surface area contributed by atoms with E-state index >= 15 is 0 Å². The fraction of sp³-hybridized carbons (Fsp3) is 0.500. The van der Waals surface area contributed by atoms with E-state index in [4.69, 9.17) is 0 Å². The van der Waals surface area contributed by atoms with Crippen molar-refractivity contribution in [3.8, 4) is 0 Å². The molecule has 0 saturated heterocycles. The van der Waals surface area contributed by atoms with Gasteiger partial charge in [-0.2, -0.15) is 11.8 Å². The van der Waals surface area contributed by atoms with Crippen LogP contribution < -0.4 is 0 Å². The lowest BCUT2D eigenvalue weighted by Crippen LogP contribution is -2.26. The second-order valence-corrected chi connectivity index (χ2v) is 4.00. The molecule has 5 heteroatoms. The molecule has 0 saturated carbocycles. The summed E-state index contributed by atoms with van der Waals surface area (Å²) in [7, 11) is 1.68. The molecule has 0 rings (SSSR count). The predicted octanol–water partition coefficient (Wildman–Crippen LogP) is 0.522. The van der Waals surface area contributed by atoms with Gasteiger partial charge < -0.3 is 9.69 Å². The lowest BCUT2D eigenvalue weighted by molar-refractivity contribution is -0.125. The molecule has 0 aliphatic rings. The number of amides is 1. The predicted molar refractivity (Wildman–Crippen MR) is 60.8 cm³/mol. The third kappa shape index (κ3) is 7.93. The Labute approximate surface area is 93.7 Å². The number of nitrogens with zero attached hydrogens (tertiary/aromatic N) is 1. The van der Waals surface area contributed by atoms with Gasteiger partial charge in [-0.15, -0.1) is 0 Å². The first-order chi connectivity index (χ1) is 7.22. The van der Waals surface area contributed by atoms with Crippen LogP contribution in [0.4, 0.5) is 0 Å². The van der Waals surface area contributed by atoms with Crippen LogP contribution in [0, 0.1) is 0 Å². The van der Waals surface area contributed by atoms with E-state index in [9.17, 15) is 14.4 Å². The van der Waals surface area contributed by atoms with Gasteiger partial charge in [0.15, 0.2) is 0 Å². The molecule has 0 atom stereocenters. The normalized spacial score (nSPS) is 10.2. The van der Waals surface area contributed by atoms with Gasteiger partial charge in [-0.3, -0.25) is 9.59 Å². The summed E-state index contributed by atoms with van der Waals surface area (Å²) in [5.74, 6) is 1.18. The van der Waals surface area contributed by atoms with Crippen LogP contribution in [-0.4, -0.2) is 48.5 Å². The number of hydrogen-bond donors (Lipinski definition) is 0. The van der Waals surface area contributed by atoms with Crippen molar-refractivity contribution in [1.82, 2.24) is 4.90 Å². The number of thioether (sulfide) groups is 1. The topological polar surface area (TPSA) is 54.5 Å². The lowest BCUT2D eigenvalue weighted by atomic mass is 10.4. The highest BCUT2D eigenvalue weighted by atomic mass is 32.2. The molecular weight excluding hydrogens is 214 g/mol. The Morgan fingerprint density at radius 1 is 1.40 bits per heavy atom. The van der Waals surface area contributed by atoms with Crippen LogP contribution in [-0.2, 0) is 14.4 Å². The van der Waals surface area contributed by atoms with Gasteiger partial charge in [-0.05, 0) is 18.2 Å². The molecule has 0 spiro atoms. The van der Waals surface area contributed by atoms with Crippen LogP contribution in [0.2, 0.25) is 0 Å². The van der Waals surface area contributed by atoms with Crippen LogP contribution >= 0.6 is 11.8 Å². The molecule has 0 aromatic heterocycles. The molecule has 0 unspecified atom stereocenters. The van der Waals surface area contributed by atoms with Gasteiger partial charge in [0, 0.05) is 25.4 Å². The molecule has 84 valence electrons. The Bertz CT molecular complexity index is 241. The fourth-order valence-corrected chi connectivity index (χ4v) is 1.49. The van der Waals surface area contributed by atoms with E-state index in [1.807, 2.05) is 0 Å². The minimum atomic E-state index is -0.178. The number of hydrogen-bond acceptors (Lipinski definition) is 4. The zero-order valence-corrected chi connectivity index (χ0v) is 9.53. The molecule has 4 nitrogen and oxygen atoms in total. The molecule has 0 bridgehead atoms. The average molecular weight is 229 g/mol. The van der Waals surface area contributed by atoms with Crippen LogP contribution in [0.1, 0.15) is 6.42 Å². The van der Waals surface area contributed by atoms with Gasteiger partial charge in [0.05, 0.1) is 0 Å². The summed E-state index contributed by atoms with van der Waals surface area (Å²) < 4.78 is 0. The molecule has 0 radical (unpaired) electrons. The van der Waals surface area contributed by atoms with Gasteiger partial charge in [0.1, 0.15) is 12.6 Å². The minimum Gasteiger partial charge on any atom is -0.342 e. The van der Waals surface area contributed by atoms with E-state index in [1.165, 1.54) is 12.2 Å². The van der Waals surface area contributed by atoms with Crippen LogP contribution in [0.3, 0.4) is 0 Å². The van der Waals surface area contributed by atoms with Crippen molar-refractivity contribution in [3.63, 3.8) is 0 Å². The average Bonchev–Trinajstić information content (AvgIpc) is 2.25. The highest BCUT2D eigenvalue weighted by Crippen LogP contribution is 2.01. The molecule has 0 N–H and O–H groups in total. The Balaban J connectivity index is 3.59. The monoisotopic (exact) mass is 229 g/mol. The van der Waals surface area contributed by atoms with Crippen molar-refractivity contribution in [3.05, 3.63) is 12.2 Å².